The van der Waals surface area contributed by atoms with Crippen LogP contribution in [0.2, 0.25) is 0 Å². The smallest absolute Gasteiger partial charge is 0.252 e. The Morgan fingerprint density at radius 1 is 1.24 bits per heavy atom. The van der Waals surface area contributed by atoms with Crippen molar-refractivity contribution in [2.45, 2.75) is 13.8 Å². The van der Waals surface area contributed by atoms with Crippen molar-refractivity contribution in [3.8, 4) is 5.75 Å². The Morgan fingerprint density at radius 2 is 2.00 bits per heavy atom. The number of anilines is 2. The van der Waals surface area contributed by atoms with Gasteiger partial charge >= 0.3 is 0 Å². The van der Waals surface area contributed by atoms with Crippen LogP contribution in [-0.2, 0) is 0 Å². The number of methoxy groups -OCH3 is 1. The van der Waals surface area contributed by atoms with Gasteiger partial charge in [-0.3, -0.25) is 9.78 Å². The van der Waals surface area contributed by atoms with Gasteiger partial charge in [-0.2, -0.15) is 0 Å². The number of hydrogen-bond donors (Lipinski definition) is 2. The van der Waals surface area contributed by atoms with Crippen LogP contribution in [0.4, 0.5) is 15.8 Å². The molecular formula is C19H18FN3O2. The summed E-state index contributed by atoms with van der Waals surface area (Å²) in [5, 5.41) is 3.94. The number of ether oxygens (including phenoxy) is 1. The average Bonchev–Trinajstić information content (AvgIpc) is 2.56. The first-order valence-corrected chi connectivity index (χ1v) is 7.71. The maximum absolute atomic E-state index is 13.6. The lowest BCUT2D eigenvalue weighted by Crippen LogP contribution is -2.14. The number of nitrogens with one attached hydrogen (secondary N) is 1. The first-order valence-electron chi connectivity index (χ1n) is 7.71. The Hall–Kier alpha value is -3.15. The fraction of sp³-hybridized carbons (Fsp3) is 0.158. The summed E-state index contributed by atoms with van der Waals surface area (Å²) in [6.45, 7) is 3.92. The Labute approximate surface area is 144 Å². The SMILES string of the molecule is COc1cc(Nc2c(C(N)=O)cnc3c(C)cc(C)cc23)ccc1F. The third-order valence-corrected chi connectivity index (χ3v) is 3.99. The van der Waals surface area contributed by atoms with Crippen molar-refractivity contribution in [1.82, 2.24) is 4.98 Å². The van der Waals surface area contributed by atoms with Crippen LogP contribution in [0.5, 0.6) is 5.75 Å². The van der Waals surface area contributed by atoms with E-state index in [1.54, 1.807) is 6.07 Å². The lowest BCUT2D eigenvalue weighted by molar-refractivity contribution is 0.100. The molecule has 1 heterocycles. The normalized spacial score (nSPS) is 10.7. The number of pyridine rings is 1. The zero-order valence-corrected chi connectivity index (χ0v) is 14.2. The van der Waals surface area contributed by atoms with E-state index in [0.29, 0.717) is 11.4 Å². The van der Waals surface area contributed by atoms with E-state index in [0.717, 1.165) is 22.0 Å². The number of carbonyl (C=O) groups excluding carboxylic acids is 1. The number of hydrogen-bond acceptors (Lipinski definition) is 4. The summed E-state index contributed by atoms with van der Waals surface area (Å²) in [6.07, 6.45) is 1.45. The van der Waals surface area contributed by atoms with Crippen molar-refractivity contribution >= 4 is 28.2 Å². The number of amides is 1. The minimum absolute atomic E-state index is 0.108. The molecule has 2 aromatic carbocycles. The Balaban J connectivity index is 2.22. The van der Waals surface area contributed by atoms with Crippen molar-refractivity contribution < 1.29 is 13.9 Å². The highest BCUT2D eigenvalue weighted by molar-refractivity contribution is 6.08. The molecule has 0 bridgehead atoms. The summed E-state index contributed by atoms with van der Waals surface area (Å²) in [4.78, 5) is 16.2. The Kier molecular flexibility index (Phi) is 4.27. The van der Waals surface area contributed by atoms with Crippen molar-refractivity contribution in [2.24, 2.45) is 5.73 Å². The van der Waals surface area contributed by atoms with E-state index < -0.39 is 11.7 Å². The molecule has 0 atom stereocenters. The molecule has 0 fully saturated rings. The van der Waals surface area contributed by atoms with E-state index in [9.17, 15) is 9.18 Å². The summed E-state index contributed by atoms with van der Waals surface area (Å²) >= 11 is 0. The van der Waals surface area contributed by atoms with E-state index in [2.05, 4.69) is 10.3 Å². The largest absolute Gasteiger partial charge is 0.494 e. The van der Waals surface area contributed by atoms with Crippen molar-refractivity contribution in [1.29, 1.82) is 0 Å². The van der Waals surface area contributed by atoms with E-state index in [1.807, 2.05) is 26.0 Å². The predicted molar refractivity (Wildman–Crippen MR) is 96.0 cm³/mol. The molecule has 0 saturated heterocycles. The van der Waals surface area contributed by atoms with Gasteiger partial charge in [-0.1, -0.05) is 11.6 Å². The van der Waals surface area contributed by atoms with E-state index in [-0.39, 0.29) is 11.3 Å². The second-order valence-corrected chi connectivity index (χ2v) is 5.86. The fourth-order valence-corrected chi connectivity index (χ4v) is 2.86. The number of aromatic nitrogens is 1. The molecule has 5 nitrogen and oxygen atoms in total. The quantitative estimate of drug-likeness (QED) is 0.757. The van der Waals surface area contributed by atoms with Crippen LogP contribution in [-0.4, -0.2) is 18.0 Å². The summed E-state index contributed by atoms with van der Waals surface area (Å²) in [5.41, 5.74) is 9.69. The molecule has 0 unspecified atom stereocenters. The zero-order valence-electron chi connectivity index (χ0n) is 14.2. The monoisotopic (exact) mass is 339 g/mol. The van der Waals surface area contributed by atoms with Crippen LogP contribution in [0.1, 0.15) is 21.5 Å². The standard InChI is InChI=1S/C19H18FN3O2/c1-10-6-11(2)17-13(7-10)18(14(9-22-17)19(21)24)23-12-4-5-15(20)16(8-12)25-3/h4-9H,1-3H3,(H2,21,24)(H,22,23). The van der Waals surface area contributed by atoms with Crippen molar-refractivity contribution in [3.63, 3.8) is 0 Å². The van der Waals surface area contributed by atoms with Gasteiger partial charge in [0.2, 0.25) is 0 Å². The van der Waals surface area contributed by atoms with Gasteiger partial charge in [0.1, 0.15) is 0 Å². The number of halogens is 1. The first kappa shape index (κ1) is 16.7. The highest BCUT2D eigenvalue weighted by Crippen LogP contribution is 2.32. The van der Waals surface area contributed by atoms with Crippen LogP contribution in [0.3, 0.4) is 0 Å². The molecule has 25 heavy (non-hydrogen) atoms. The Bertz CT molecular complexity index is 986. The average molecular weight is 339 g/mol. The molecule has 3 aromatic rings. The molecular weight excluding hydrogens is 321 g/mol. The molecule has 0 aliphatic rings. The van der Waals surface area contributed by atoms with Gasteiger partial charge in [0.15, 0.2) is 11.6 Å². The topological polar surface area (TPSA) is 77.2 Å². The fourth-order valence-electron chi connectivity index (χ4n) is 2.86. The molecule has 0 saturated carbocycles. The molecule has 1 aromatic heterocycles. The number of rotatable bonds is 4. The van der Waals surface area contributed by atoms with Crippen LogP contribution in [0, 0.1) is 19.7 Å². The number of carbonyl (C=O) groups is 1. The summed E-state index contributed by atoms with van der Waals surface area (Å²) in [5.74, 6) is -0.948. The molecule has 0 radical (unpaired) electrons. The molecule has 0 aliphatic carbocycles. The lowest BCUT2D eigenvalue weighted by Gasteiger charge is -2.15. The summed E-state index contributed by atoms with van der Waals surface area (Å²) in [7, 11) is 1.39. The zero-order chi connectivity index (χ0) is 18.1. The summed E-state index contributed by atoms with van der Waals surface area (Å²) < 4.78 is 18.6. The third kappa shape index (κ3) is 3.10. The maximum atomic E-state index is 13.6. The lowest BCUT2D eigenvalue weighted by atomic mass is 10.0. The number of nitrogens with two attached hydrogens (primary N) is 1. The first-order chi connectivity index (χ1) is 11.9. The number of primary amides is 1. The highest BCUT2D eigenvalue weighted by atomic mass is 19.1. The van der Waals surface area contributed by atoms with Gasteiger partial charge in [0.05, 0.1) is 23.9 Å². The maximum Gasteiger partial charge on any atom is 0.252 e. The van der Waals surface area contributed by atoms with Gasteiger partial charge in [-0.05, 0) is 37.6 Å². The van der Waals surface area contributed by atoms with Gasteiger partial charge in [0, 0.05) is 23.3 Å². The van der Waals surface area contributed by atoms with Crippen molar-refractivity contribution in [2.75, 3.05) is 12.4 Å². The number of aryl methyl sites for hydroxylation is 2. The summed E-state index contributed by atoms with van der Waals surface area (Å²) in [6, 6.07) is 8.34. The van der Waals surface area contributed by atoms with E-state index in [1.165, 1.54) is 25.4 Å². The van der Waals surface area contributed by atoms with Gasteiger partial charge < -0.3 is 15.8 Å². The van der Waals surface area contributed by atoms with Gasteiger partial charge in [-0.15, -0.1) is 0 Å². The minimum Gasteiger partial charge on any atom is -0.494 e. The number of nitrogens with zero attached hydrogens (tertiary/aromatic N) is 1. The number of benzene rings is 2. The molecule has 0 aliphatic heterocycles. The van der Waals surface area contributed by atoms with Crippen LogP contribution in [0.25, 0.3) is 10.9 Å². The molecule has 128 valence electrons. The highest BCUT2D eigenvalue weighted by Gasteiger charge is 2.16. The van der Waals surface area contributed by atoms with Crippen LogP contribution >= 0.6 is 0 Å². The molecule has 0 spiro atoms. The Morgan fingerprint density at radius 3 is 2.68 bits per heavy atom. The van der Waals surface area contributed by atoms with Crippen LogP contribution in [0.15, 0.2) is 36.5 Å². The van der Waals surface area contributed by atoms with Crippen molar-refractivity contribution in [3.05, 3.63) is 59.0 Å². The van der Waals surface area contributed by atoms with Crippen LogP contribution < -0.4 is 15.8 Å². The molecule has 6 heteroatoms. The van der Waals surface area contributed by atoms with E-state index >= 15 is 0 Å². The number of fused-ring (bicyclic) bond motifs is 1. The third-order valence-electron chi connectivity index (χ3n) is 3.99. The van der Waals surface area contributed by atoms with Gasteiger partial charge in [-0.25, -0.2) is 4.39 Å². The second-order valence-electron chi connectivity index (χ2n) is 5.86. The molecule has 3 rings (SSSR count). The minimum atomic E-state index is -0.592. The van der Waals surface area contributed by atoms with Gasteiger partial charge in [0.25, 0.3) is 5.91 Å². The predicted octanol–water partition coefficient (Wildman–Crippen LogP) is 3.84. The molecule has 1 amide bonds. The van der Waals surface area contributed by atoms with E-state index in [4.69, 9.17) is 10.5 Å². The molecule has 3 N–H and O–H groups in total. The second kappa shape index (κ2) is 6.39.